The Morgan fingerprint density at radius 3 is 0.641 bits per heavy atom. The van der Waals surface area contributed by atoms with Gasteiger partial charge in [0.1, 0.15) is 13.1 Å². The summed E-state index contributed by atoms with van der Waals surface area (Å²) in [5.41, 5.74) is 4.36. The van der Waals surface area contributed by atoms with Gasteiger partial charge in [-0.2, -0.15) is 23.5 Å². The van der Waals surface area contributed by atoms with E-state index in [0.717, 1.165) is 125 Å². The summed E-state index contributed by atoms with van der Waals surface area (Å²) in [5.74, 6) is 4.06. The largest absolute Gasteiger partial charge is 0.483 e. The maximum atomic E-state index is 4.94. The van der Waals surface area contributed by atoms with Gasteiger partial charge < -0.3 is 59.3 Å². The number of aliphatic imine (C=N–C) groups is 5. The molecule has 0 aromatic rings. The average molecular weight is 2140 g/mol. The number of ether oxygens (including phenoxy) is 7. The van der Waals surface area contributed by atoms with Crippen molar-refractivity contribution in [3.8, 4) is 0 Å². The standard InChI is InChI=1S/C6H12.C5H11N.C4H10N2.C4H8N2.2C4H7NO.C4H7NS.2C4H8O2.C4H8S2.C2H4N2O.C2H3NO2.36C2H6/c2*1-2-4-6-5-3-1;1-2-6-4-3-5-1;1-2-5-4-6-3-1;1-3-6-4-2-5-1;2*1-2-5-4-6-3-1;1-2-6-4-3-5-1;2*1-2-5-4-6-3-1;1-3-2-5-4-1;1-3-5-2-4-1;36*1-2/h1-6H2;6H,1-5H2;5-6H,1-4H2;4H,1-3H2,(H,5,6);1H,2-4H2;2*4H,1-3H2;3*1-4H2;1H,2H2,(H,3,4);1H,2H2;36*1-2H3. The topological polar surface area (TPSA) is 217 Å². The van der Waals surface area contributed by atoms with Gasteiger partial charge in [-0.3, -0.25) is 30.3 Å². The van der Waals surface area contributed by atoms with Gasteiger partial charge in [0, 0.05) is 75.8 Å². The molecule has 142 heavy (non-hydrogen) atoms. The molecule has 5 N–H and O–H groups in total. The first-order valence-corrected chi connectivity index (χ1v) is 65.0. The van der Waals surface area contributed by atoms with Crippen molar-refractivity contribution in [2.45, 2.75) is 588 Å². The van der Waals surface area contributed by atoms with Crippen molar-refractivity contribution in [1.82, 2.24) is 26.7 Å². The van der Waals surface area contributed by atoms with E-state index in [0.29, 0.717) is 20.1 Å². The summed E-state index contributed by atoms with van der Waals surface area (Å²) in [6, 6.07) is 0. The van der Waals surface area contributed by atoms with Gasteiger partial charge in [0.2, 0.25) is 6.40 Å². The maximum Gasteiger partial charge on any atom is 0.257 e. The molecule has 0 atom stereocenters. The van der Waals surface area contributed by atoms with Crippen molar-refractivity contribution in [2.75, 3.05) is 174 Å². The normalized spacial score (nSPS) is 12.4. The minimum Gasteiger partial charge on any atom is -0.483 e. The van der Waals surface area contributed by atoms with Crippen molar-refractivity contribution in [2.24, 2.45) is 30.1 Å². The number of rotatable bonds is 0. The highest BCUT2D eigenvalue weighted by atomic mass is 32.2. The lowest BCUT2D eigenvalue weighted by atomic mass is 10.0. The molecule has 0 radical (unpaired) electrons. The Hall–Kier alpha value is -2.29. The van der Waals surface area contributed by atoms with Crippen molar-refractivity contribution >= 4 is 72.5 Å². The Kier molecular flexibility index (Phi) is 1010. The Balaban J connectivity index is -0.0000000240. The van der Waals surface area contributed by atoms with E-state index in [9.17, 15) is 0 Å². The SMILES string of the molecule is C1=NCCCN1.C1=NCCCO1.C1=NCCCS1.C1=NCCOC1.C1=NCON1.C1=NOCO1.C1CCCCC1.C1CCNCC1.C1CNCCN1.C1COCCO1.C1COCOC1.C1CSCSC1.CC.CC.CC.CC.CC.CC.CC.CC.CC.CC.CC.CC.CC.CC.CC.CC.CC.CC.CC.CC.CC.CC.CC.CC.CC.CC.CC.CC.CC.CC.CC.CC.CC.CC.CC.CC. The quantitative estimate of drug-likeness (QED) is 0.152. The molecule has 1 aliphatic carbocycles. The Morgan fingerprint density at radius 2 is 0.556 bits per heavy atom. The number of hydrogen-bond donors (Lipinski definition) is 5. The minimum atomic E-state index is 0.278. The number of piperazine rings is 1. The highest BCUT2D eigenvalue weighted by molar-refractivity contribution is 8.16. The highest BCUT2D eigenvalue weighted by Gasteiger charge is 1.99. The first-order valence-electron chi connectivity index (χ1n) is 61.7. The molecule has 0 unspecified atom stereocenters. The number of nitrogens with zero attached hydrogens (tertiary/aromatic N) is 6. The number of hydrogen-bond acceptors (Lipinski definition) is 23. The van der Waals surface area contributed by atoms with Crippen LogP contribution in [0.5, 0.6) is 0 Å². The van der Waals surface area contributed by atoms with Crippen LogP contribution in [0.2, 0.25) is 0 Å². The molecule has 1 saturated carbocycles. The highest BCUT2D eigenvalue weighted by Crippen LogP contribution is 2.20. The molecule has 0 spiro atoms. The van der Waals surface area contributed by atoms with Crippen LogP contribution in [0.1, 0.15) is 588 Å². The molecule has 11 aliphatic heterocycles. The molecule has 20 nitrogen and oxygen atoms in total. The lowest BCUT2D eigenvalue weighted by Gasteiger charge is -2.11. The second kappa shape index (κ2) is 574. The smallest absolute Gasteiger partial charge is 0.257 e. The van der Waals surface area contributed by atoms with Crippen LogP contribution in [0.25, 0.3) is 0 Å². The predicted octanol–water partition coefficient (Wildman–Crippen LogP) is 42.6. The maximum absolute atomic E-state index is 4.94. The van der Waals surface area contributed by atoms with E-state index < -0.39 is 0 Å². The second-order valence-corrected chi connectivity index (χ2v) is 19.1. The number of thioether (sulfide) groups is 3. The van der Waals surface area contributed by atoms with Crippen LogP contribution in [0, 0.1) is 0 Å². The zero-order valence-electron chi connectivity index (χ0n) is 115. The van der Waals surface area contributed by atoms with Gasteiger partial charge in [-0.1, -0.05) is 549 Å². The van der Waals surface area contributed by atoms with Gasteiger partial charge in [0.25, 0.3) is 6.79 Å². The molecule has 6 fully saturated rings. The van der Waals surface area contributed by atoms with Crippen molar-refractivity contribution in [3.63, 3.8) is 0 Å². The Labute approximate surface area is 928 Å². The van der Waals surface area contributed by atoms with Crippen molar-refractivity contribution in [3.05, 3.63) is 0 Å². The number of oxime groups is 1. The summed E-state index contributed by atoms with van der Waals surface area (Å²) in [4.78, 5) is 28.1. The molecule has 0 bridgehead atoms. The monoisotopic (exact) mass is 2130 g/mol. The molecule has 12 aliphatic rings. The third-order valence-electron chi connectivity index (χ3n) is 9.45. The molecule has 0 aromatic heterocycles. The summed E-state index contributed by atoms with van der Waals surface area (Å²) >= 11 is 5.92. The van der Waals surface area contributed by atoms with Gasteiger partial charge in [-0.05, 0) is 63.1 Å². The zero-order chi connectivity index (χ0) is 121. The Morgan fingerprint density at radius 1 is 0.225 bits per heavy atom. The first kappa shape index (κ1) is 250. The van der Waals surface area contributed by atoms with Crippen LogP contribution in [0.4, 0.5) is 0 Å². The van der Waals surface area contributed by atoms with E-state index in [1.165, 1.54) is 132 Å². The molecular formula is C119H309N11O9S3. The van der Waals surface area contributed by atoms with Crippen LogP contribution in [-0.4, -0.2) is 211 Å². The summed E-state index contributed by atoms with van der Waals surface area (Å²) in [7, 11) is 0. The van der Waals surface area contributed by atoms with E-state index in [1.54, 1.807) is 24.3 Å². The van der Waals surface area contributed by atoms with Crippen LogP contribution in [0.15, 0.2) is 30.1 Å². The van der Waals surface area contributed by atoms with Gasteiger partial charge in [-0.25, -0.2) is 4.99 Å². The van der Waals surface area contributed by atoms with Gasteiger partial charge in [0.05, 0.1) is 77.9 Å². The van der Waals surface area contributed by atoms with Crippen LogP contribution < -0.4 is 26.7 Å². The minimum absolute atomic E-state index is 0.278. The molecule has 912 valence electrons. The molecule has 0 amide bonds. The van der Waals surface area contributed by atoms with Gasteiger partial charge in [-0.15, -0.1) is 11.8 Å². The molecule has 23 heteroatoms. The van der Waals surface area contributed by atoms with Gasteiger partial charge >= 0.3 is 0 Å². The zero-order valence-corrected chi connectivity index (χ0v) is 117. The molecule has 0 aromatic carbocycles. The van der Waals surface area contributed by atoms with E-state index >= 15 is 0 Å². The fraction of sp³-hybridized carbons (Fsp3) is 0.950. The lowest BCUT2D eigenvalue weighted by Crippen LogP contribution is -2.39. The second-order valence-electron chi connectivity index (χ2n) is 15.5. The lowest BCUT2D eigenvalue weighted by molar-refractivity contribution is -0.0963. The summed E-state index contributed by atoms with van der Waals surface area (Å²) in [5, 5.41) is 17.3. The van der Waals surface area contributed by atoms with Crippen LogP contribution >= 0.6 is 35.3 Å². The summed E-state index contributed by atoms with van der Waals surface area (Å²) < 4.78 is 33.7. The van der Waals surface area contributed by atoms with E-state index in [1.807, 2.05) is 504 Å². The third kappa shape index (κ3) is 561. The van der Waals surface area contributed by atoms with E-state index in [-0.39, 0.29) is 6.79 Å². The van der Waals surface area contributed by atoms with E-state index in [4.69, 9.17) is 28.4 Å². The Bertz CT molecular complexity index is 918. The van der Waals surface area contributed by atoms with Crippen LogP contribution in [-0.2, 0) is 42.8 Å². The van der Waals surface area contributed by atoms with Gasteiger partial charge in [0.15, 0.2) is 13.1 Å². The predicted molar refractivity (Wildman–Crippen MR) is 704 cm³/mol. The molecule has 11 heterocycles. The first-order chi connectivity index (χ1) is 71.0. The average Bonchev–Trinajstić information content (AvgIpc) is 2.09. The summed E-state index contributed by atoms with van der Waals surface area (Å²) in [6.45, 7) is 164. The molecule has 5 saturated heterocycles. The van der Waals surface area contributed by atoms with Crippen molar-refractivity contribution < 1.29 is 42.8 Å². The number of piperidine rings is 1. The fourth-order valence-electron chi connectivity index (χ4n) is 5.78. The fourth-order valence-corrected chi connectivity index (χ4v) is 8.69. The van der Waals surface area contributed by atoms with Crippen LogP contribution in [0.3, 0.4) is 0 Å². The van der Waals surface area contributed by atoms with Crippen molar-refractivity contribution in [1.29, 1.82) is 0 Å². The molecule has 12 rings (SSSR count). The van der Waals surface area contributed by atoms with E-state index in [2.05, 4.69) is 94.8 Å². The summed E-state index contributed by atoms with van der Waals surface area (Å²) in [6.07, 6.45) is 27.1. The number of nitrogens with one attached hydrogen (secondary N) is 5. The third-order valence-corrected chi connectivity index (χ3v) is 12.8. The number of hydroxylamine groups is 1. The molecular weight excluding hydrogens is 1820 g/mol.